The summed E-state index contributed by atoms with van der Waals surface area (Å²) < 4.78 is 53.3. The van der Waals surface area contributed by atoms with Gasteiger partial charge in [0.25, 0.3) is 0 Å². The molecule has 148 valence electrons. The fourth-order valence-corrected chi connectivity index (χ4v) is 6.64. The average molecular weight is 412 g/mol. The Kier molecular flexibility index (Phi) is 4.26. The van der Waals surface area contributed by atoms with E-state index in [9.17, 15) is 17.2 Å². The van der Waals surface area contributed by atoms with Crippen molar-refractivity contribution >= 4 is 9.84 Å². The second-order valence-corrected chi connectivity index (χ2v) is 9.73. The van der Waals surface area contributed by atoms with Gasteiger partial charge < -0.3 is 0 Å². The minimum atomic E-state index is -3.44. The van der Waals surface area contributed by atoms with Gasteiger partial charge in [-0.1, -0.05) is 24.3 Å². The van der Waals surface area contributed by atoms with Crippen LogP contribution in [0, 0.1) is 11.8 Å². The molecule has 0 saturated carbocycles. The zero-order chi connectivity index (χ0) is 20.2. The topological polar surface area (TPSA) is 50.3 Å². The lowest BCUT2D eigenvalue weighted by atomic mass is 9.95. The smallest absolute Gasteiger partial charge is 0.212 e. The Bertz CT molecular complexity index is 1200. The Balaban J connectivity index is 1.48. The van der Waals surface area contributed by atoms with Crippen molar-refractivity contribution in [3.05, 3.63) is 83.7 Å². The molecule has 1 aromatic heterocycles. The molecule has 0 amide bonds. The van der Waals surface area contributed by atoms with E-state index in [1.54, 1.807) is 36.4 Å². The molecule has 2 atom stereocenters. The van der Waals surface area contributed by atoms with Crippen LogP contribution in [0.5, 0.6) is 0 Å². The summed E-state index contributed by atoms with van der Waals surface area (Å²) in [5.41, 5.74) is 2.89. The monoisotopic (exact) mass is 412 g/mol. The predicted octanol–water partition coefficient (Wildman–Crippen LogP) is 3.78. The van der Waals surface area contributed by atoms with Crippen LogP contribution in [-0.2, 0) is 16.4 Å². The lowest BCUT2D eigenvalue weighted by Gasteiger charge is -2.18. The highest BCUT2D eigenvalue weighted by Crippen LogP contribution is 2.46. The number of hydrogen-bond acceptors (Lipinski definition) is 4. The molecule has 0 N–H and O–H groups in total. The van der Waals surface area contributed by atoms with Gasteiger partial charge in [0, 0.05) is 42.9 Å². The van der Waals surface area contributed by atoms with Crippen molar-refractivity contribution in [3.8, 4) is 11.1 Å². The van der Waals surface area contributed by atoms with Gasteiger partial charge in [-0.2, -0.15) is 4.39 Å². The molecular weight excluding hydrogens is 394 g/mol. The minimum absolute atomic E-state index is 0.157. The first-order valence-corrected chi connectivity index (χ1v) is 10.9. The van der Waals surface area contributed by atoms with Crippen LogP contribution in [0.1, 0.15) is 17.0 Å². The molecule has 2 aliphatic heterocycles. The quantitative estimate of drug-likeness (QED) is 0.615. The molecule has 7 heteroatoms. The van der Waals surface area contributed by atoms with E-state index in [0.29, 0.717) is 30.1 Å². The minimum Gasteiger partial charge on any atom is -0.297 e. The van der Waals surface area contributed by atoms with Crippen molar-refractivity contribution in [1.29, 1.82) is 0 Å². The van der Waals surface area contributed by atoms with E-state index < -0.39 is 21.0 Å². The Labute approximate surface area is 167 Å². The maximum atomic E-state index is 14.0. The summed E-state index contributed by atoms with van der Waals surface area (Å²) in [6.45, 7) is 1.31. The summed E-state index contributed by atoms with van der Waals surface area (Å²) in [7, 11) is -3.44. The third-order valence-corrected chi connectivity index (χ3v) is 8.13. The fourth-order valence-electron chi connectivity index (χ4n) is 4.45. The van der Waals surface area contributed by atoms with Crippen LogP contribution in [0.15, 0.2) is 65.7 Å². The molecule has 0 spiro atoms. The number of nitrogens with zero attached hydrogens (tertiary/aromatic N) is 2. The highest BCUT2D eigenvalue weighted by Gasteiger charge is 2.50. The van der Waals surface area contributed by atoms with Crippen LogP contribution >= 0.6 is 0 Å². The summed E-state index contributed by atoms with van der Waals surface area (Å²) in [5.74, 6) is -0.994. The van der Waals surface area contributed by atoms with E-state index in [0.717, 1.165) is 16.7 Å². The molecule has 2 aromatic carbocycles. The lowest BCUT2D eigenvalue weighted by molar-refractivity contribution is 0.320. The standard InChI is InChI=1S/C22H18F2N2O2S/c23-19-4-2-1-3-16(19)11-26-12-18-17-9-14(15-6-8-22(24)25-10-15)5-7-20(17)29(27,28)21(18)13-26/h1-10,18,21H,11-13H2/t18-,21-/m1/s1. The molecule has 4 nitrogen and oxygen atoms in total. The molecule has 0 unspecified atom stereocenters. The molecule has 3 heterocycles. The lowest BCUT2D eigenvalue weighted by Crippen LogP contribution is -2.26. The Hall–Kier alpha value is -2.64. The zero-order valence-corrected chi connectivity index (χ0v) is 16.2. The maximum absolute atomic E-state index is 14.0. The van der Waals surface area contributed by atoms with Crippen LogP contribution in [0.4, 0.5) is 8.78 Å². The van der Waals surface area contributed by atoms with E-state index in [-0.39, 0.29) is 11.7 Å². The number of sulfone groups is 1. The number of aromatic nitrogens is 1. The van der Waals surface area contributed by atoms with Crippen LogP contribution in [0.2, 0.25) is 0 Å². The third-order valence-electron chi connectivity index (χ3n) is 5.87. The van der Waals surface area contributed by atoms with E-state index in [2.05, 4.69) is 4.98 Å². The molecule has 0 bridgehead atoms. The van der Waals surface area contributed by atoms with Gasteiger partial charge in [-0.25, -0.2) is 17.8 Å². The maximum Gasteiger partial charge on any atom is 0.212 e. The molecule has 0 radical (unpaired) electrons. The molecule has 0 aliphatic carbocycles. The highest BCUT2D eigenvalue weighted by atomic mass is 32.2. The van der Waals surface area contributed by atoms with Gasteiger partial charge in [-0.15, -0.1) is 0 Å². The van der Waals surface area contributed by atoms with Crippen molar-refractivity contribution in [2.24, 2.45) is 0 Å². The average Bonchev–Trinajstić information content (AvgIpc) is 3.22. The molecule has 5 rings (SSSR count). The summed E-state index contributed by atoms with van der Waals surface area (Å²) in [6, 6.07) is 14.7. The number of halogens is 2. The Morgan fingerprint density at radius 3 is 2.55 bits per heavy atom. The van der Waals surface area contributed by atoms with Gasteiger partial charge in [-0.3, -0.25) is 4.90 Å². The van der Waals surface area contributed by atoms with Crippen molar-refractivity contribution in [3.63, 3.8) is 0 Å². The Morgan fingerprint density at radius 2 is 1.79 bits per heavy atom. The first-order chi connectivity index (χ1) is 13.9. The van der Waals surface area contributed by atoms with E-state index in [1.807, 2.05) is 11.0 Å². The van der Waals surface area contributed by atoms with Gasteiger partial charge in [-0.05, 0) is 41.5 Å². The van der Waals surface area contributed by atoms with Gasteiger partial charge in [0.15, 0.2) is 9.84 Å². The van der Waals surface area contributed by atoms with E-state index in [1.165, 1.54) is 18.3 Å². The largest absolute Gasteiger partial charge is 0.297 e. The fraction of sp³-hybridized carbons (Fsp3) is 0.227. The molecule has 2 aliphatic rings. The molecule has 29 heavy (non-hydrogen) atoms. The number of hydrogen-bond donors (Lipinski definition) is 0. The predicted molar refractivity (Wildman–Crippen MR) is 105 cm³/mol. The summed E-state index contributed by atoms with van der Waals surface area (Å²) in [4.78, 5) is 6.06. The van der Waals surface area contributed by atoms with Crippen LogP contribution in [-0.4, -0.2) is 36.6 Å². The second kappa shape index (κ2) is 6.71. The number of likely N-dealkylation sites (tertiary alicyclic amines) is 1. The summed E-state index contributed by atoms with van der Waals surface area (Å²) in [5, 5.41) is -0.522. The first-order valence-electron chi connectivity index (χ1n) is 9.39. The van der Waals surface area contributed by atoms with Crippen molar-refractivity contribution in [2.75, 3.05) is 13.1 Å². The van der Waals surface area contributed by atoms with Gasteiger partial charge in [0.1, 0.15) is 5.82 Å². The van der Waals surface area contributed by atoms with Crippen molar-refractivity contribution in [2.45, 2.75) is 22.6 Å². The van der Waals surface area contributed by atoms with Crippen LogP contribution in [0.25, 0.3) is 11.1 Å². The third kappa shape index (κ3) is 3.05. The SMILES string of the molecule is O=S1(=O)c2ccc(-c3ccc(F)nc3)cc2[C@H]2CN(Cc3ccccc3F)C[C@H]21. The number of fused-ring (bicyclic) bond motifs is 3. The van der Waals surface area contributed by atoms with E-state index in [4.69, 9.17) is 0 Å². The summed E-state index contributed by atoms with van der Waals surface area (Å²) >= 11 is 0. The number of pyridine rings is 1. The second-order valence-electron chi connectivity index (χ2n) is 7.60. The van der Waals surface area contributed by atoms with Gasteiger partial charge >= 0.3 is 0 Å². The van der Waals surface area contributed by atoms with Crippen LogP contribution in [0.3, 0.4) is 0 Å². The molecule has 3 aromatic rings. The van der Waals surface area contributed by atoms with Gasteiger partial charge in [0.05, 0.1) is 10.1 Å². The first kappa shape index (κ1) is 18.4. The van der Waals surface area contributed by atoms with E-state index >= 15 is 0 Å². The normalized spacial score (nSPS) is 22.4. The number of rotatable bonds is 3. The summed E-state index contributed by atoms with van der Waals surface area (Å²) in [6.07, 6.45) is 1.44. The van der Waals surface area contributed by atoms with Crippen molar-refractivity contribution < 1.29 is 17.2 Å². The molecule has 1 saturated heterocycles. The van der Waals surface area contributed by atoms with Crippen LogP contribution < -0.4 is 0 Å². The van der Waals surface area contributed by atoms with Gasteiger partial charge in [0.2, 0.25) is 5.95 Å². The molecular formula is C22H18F2N2O2S. The van der Waals surface area contributed by atoms with Crippen molar-refractivity contribution in [1.82, 2.24) is 9.88 Å². The zero-order valence-electron chi connectivity index (χ0n) is 15.4. The highest BCUT2D eigenvalue weighted by molar-refractivity contribution is 7.92. The number of benzene rings is 2. The molecule has 1 fully saturated rings. The Morgan fingerprint density at radius 1 is 1.00 bits per heavy atom.